The third-order valence-electron chi connectivity index (χ3n) is 5.00. The summed E-state index contributed by atoms with van der Waals surface area (Å²) >= 11 is 0. The Morgan fingerprint density at radius 3 is 2.69 bits per heavy atom. The number of nitro groups is 1. The van der Waals surface area contributed by atoms with Crippen LogP contribution in [0.15, 0.2) is 28.7 Å². The number of hydrogen-bond donors (Lipinski definition) is 1. The minimum atomic E-state index is -0.525. The highest BCUT2D eigenvalue weighted by Gasteiger charge is 2.24. The quantitative estimate of drug-likeness (QED) is 0.534. The first-order valence-electron chi connectivity index (χ1n) is 9.04. The number of anilines is 1. The van der Waals surface area contributed by atoms with Crippen molar-refractivity contribution in [1.82, 2.24) is 9.38 Å². The average molecular weight is 354 g/mol. The number of fused-ring (bicyclic) bond motifs is 1. The normalized spacial score (nSPS) is 15.5. The second-order valence-electron chi connectivity index (χ2n) is 7.05. The average Bonchev–Trinajstić information content (AvgIpc) is 3.21. The van der Waals surface area contributed by atoms with Gasteiger partial charge in [0.2, 0.25) is 0 Å². The van der Waals surface area contributed by atoms with Crippen LogP contribution in [0.2, 0.25) is 0 Å². The fourth-order valence-corrected chi connectivity index (χ4v) is 3.83. The van der Waals surface area contributed by atoms with Crippen LogP contribution in [0.1, 0.15) is 43.4 Å². The lowest BCUT2D eigenvalue weighted by molar-refractivity contribution is -0.401. The summed E-state index contributed by atoms with van der Waals surface area (Å²) in [4.78, 5) is 15.2. The van der Waals surface area contributed by atoms with Crippen LogP contribution in [0.3, 0.4) is 0 Å². The molecule has 1 aliphatic rings. The lowest BCUT2D eigenvalue weighted by atomic mass is 9.95. The van der Waals surface area contributed by atoms with Crippen molar-refractivity contribution in [3.05, 3.63) is 45.6 Å². The van der Waals surface area contributed by atoms with Gasteiger partial charge in [0, 0.05) is 11.7 Å². The van der Waals surface area contributed by atoms with E-state index in [1.165, 1.54) is 25.3 Å². The van der Waals surface area contributed by atoms with Crippen molar-refractivity contribution >= 4 is 17.3 Å². The third kappa shape index (κ3) is 2.94. The van der Waals surface area contributed by atoms with Gasteiger partial charge in [-0.25, -0.2) is 4.98 Å². The molecule has 0 radical (unpaired) electrons. The summed E-state index contributed by atoms with van der Waals surface area (Å²) in [6.45, 7) is 4.08. The van der Waals surface area contributed by atoms with Crippen molar-refractivity contribution in [2.24, 2.45) is 0 Å². The zero-order valence-electron chi connectivity index (χ0n) is 15.0. The molecule has 3 aromatic heterocycles. The topological polar surface area (TPSA) is 85.6 Å². The van der Waals surface area contributed by atoms with E-state index < -0.39 is 4.92 Å². The number of imidazole rings is 1. The van der Waals surface area contributed by atoms with Gasteiger partial charge in [0.1, 0.15) is 22.1 Å². The summed E-state index contributed by atoms with van der Waals surface area (Å²) in [5.41, 5.74) is 3.63. The Hall–Kier alpha value is -2.83. The maximum Gasteiger partial charge on any atom is 0.433 e. The van der Waals surface area contributed by atoms with Gasteiger partial charge in [-0.3, -0.25) is 14.5 Å². The molecule has 0 aliphatic heterocycles. The van der Waals surface area contributed by atoms with Crippen LogP contribution >= 0.6 is 0 Å². The maximum absolute atomic E-state index is 11.0. The molecule has 26 heavy (non-hydrogen) atoms. The maximum atomic E-state index is 11.0. The molecule has 7 nitrogen and oxygen atoms in total. The van der Waals surface area contributed by atoms with Crippen LogP contribution in [-0.2, 0) is 0 Å². The number of furan rings is 1. The summed E-state index contributed by atoms with van der Waals surface area (Å²) < 4.78 is 7.52. The van der Waals surface area contributed by atoms with Crippen LogP contribution in [0.4, 0.5) is 11.7 Å². The van der Waals surface area contributed by atoms with Crippen molar-refractivity contribution in [1.29, 1.82) is 0 Å². The summed E-state index contributed by atoms with van der Waals surface area (Å²) in [6, 6.07) is 7.50. The van der Waals surface area contributed by atoms with Crippen LogP contribution in [0, 0.1) is 24.0 Å². The smallest absolute Gasteiger partial charge is 0.399 e. The molecule has 1 N–H and O–H groups in total. The Balaban J connectivity index is 1.85. The van der Waals surface area contributed by atoms with Crippen LogP contribution in [0.25, 0.3) is 17.1 Å². The summed E-state index contributed by atoms with van der Waals surface area (Å²) in [7, 11) is 0. The molecule has 3 heterocycles. The SMILES string of the molecule is Cc1cc(C)n2c(NC3CCCCC3)c(-c3ccc([N+](=O)[O-])o3)nc2c1. The zero-order valence-corrected chi connectivity index (χ0v) is 15.0. The summed E-state index contributed by atoms with van der Waals surface area (Å²) in [5, 5.41) is 14.6. The van der Waals surface area contributed by atoms with E-state index in [1.807, 2.05) is 19.9 Å². The van der Waals surface area contributed by atoms with Gasteiger partial charge in [-0.1, -0.05) is 19.3 Å². The third-order valence-corrected chi connectivity index (χ3v) is 5.00. The summed E-state index contributed by atoms with van der Waals surface area (Å²) in [5.74, 6) is 0.998. The Bertz CT molecular complexity index is 967. The number of pyridine rings is 1. The van der Waals surface area contributed by atoms with Crippen LogP contribution in [-0.4, -0.2) is 20.3 Å². The van der Waals surface area contributed by atoms with Gasteiger partial charge in [-0.2, -0.15) is 0 Å². The van der Waals surface area contributed by atoms with E-state index in [9.17, 15) is 10.1 Å². The molecule has 4 rings (SSSR count). The van der Waals surface area contributed by atoms with Gasteiger partial charge in [0.05, 0.1) is 6.07 Å². The number of nitrogens with zero attached hydrogens (tertiary/aromatic N) is 3. The molecule has 1 fully saturated rings. The molecular weight excluding hydrogens is 332 g/mol. The van der Waals surface area contributed by atoms with Gasteiger partial charge >= 0.3 is 5.88 Å². The highest BCUT2D eigenvalue weighted by atomic mass is 16.6. The van der Waals surface area contributed by atoms with Crippen molar-refractivity contribution in [3.63, 3.8) is 0 Å². The van der Waals surface area contributed by atoms with E-state index in [1.54, 1.807) is 6.07 Å². The first kappa shape index (κ1) is 16.6. The fraction of sp³-hybridized carbons (Fsp3) is 0.421. The van der Waals surface area contributed by atoms with E-state index in [0.29, 0.717) is 17.5 Å². The van der Waals surface area contributed by atoms with Gasteiger partial charge in [0.15, 0.2) is 5.76 Å². The molecule has 1 saturated carbocycles. The first-order chi connectivity index (χ1) is 12.5. The first-order valence-corrected chi connectivity index (χ1v) is 9.04. The van der Waals surface area contributed by atoms with E-state index in [2.05, 4.69) is 15.8 Å². The van der Waals surface area contributed by atoms with Crippen molar-refractivity contribution in [2.45, 2.75) is 52.0 Å². The van der Waals surface area contributed by atoms with Crippen molar-refractivity contribution in [2.75, 3.05) is 5.32 Å². The molecule has 0 spiro atoms. The van der Waals surface area contributed by atoms with Crippen LogP contribution in [0.5, 0.6) is 0 Å². The fourth-order valence-electron chi connectivity index (χ4n) is 3.83. The molecule has 7 heteroatoms. The molecule has 136 valence electrons. The highest BCUT2D eigenvalue weighted by Crippen LogP contribution is 2.35. The van der Waals surface area contributed by atoms with Crippen LogP contribution < -0.4 is 5.32 Å². The second kappa shape index (κ2) is 6.48. The van der Waals surface area contributed by atoms with Crippen molar-refractivity contribution < 1.29 is 9.34 Å². The van der Waals surface area contributed by atoms with E-state index >= 15 is 0 Å². The number of hydrogen-bond acceptors (Lipinski definition) is 5. The van der Waals surface area contributed by atoms with Crippen molar-refractivity contribution in [3.8, 4) is 11.5 Å². The lowest BCUT2D eigenvalue weighted by Gasteiger charge is -2.24. The predicted octanol–water partition coefficient (Wildman–Crippen LogP) is 4.86. The zero-order chi connectivity index (χ0) is 18.3. The predicted molar refractivity (Wildman–Crippen MR) is 99.5 cm³/mol. The standard InChI is InChI=1S/C19H22N4O3/c1-12-10-13(2)22-16(11-12)21-18(15-8-9-17(26-15)23(24)25)19(22)20-14-6-4-3-5-7-14/h8-11,14,20H,3-7H2,1-2H3. The molecular formula is C19H22N4O3. The molecule has 3 aromatic rings. The molecule has 0 amide bonds. The summed E-state index contributed by atoms with van der Waals surface area (Å²) in [6.07, 6.45) is 5.95. The molecule has 0 atom stereocenters. The largest absolute Gasteiger partial charge is 0.433 e. The number of aromatic nitrogens is 2. The number of nitrogens with one attached hydrogen (secondary N) is 1. The van der Waals surface area contributed by atoms with E-state index in [-0.39, 0.29) is 5.88 Å². The number of aryl methyl sites for hydroxylation is 2. The van der Waals surface area contributed by atoms with E-state index in [4.69, 9.17) is 9.40 Å². The van der Waals surface area contributed by atoms with Gasteiger partial charge in [-0.15, -0.1) is 0 Å². The molecule has 0 aromatic carbocycles. The van der Waals surface area contributed by atoms with Gasteiger partial charge in [-0.05, 0) is 50.5 Å². The minimum Gasteiger partial charge on any atom is -0.399 e. The Morgan fingerprint density at radius 2 is 2.00 bits per heavy atom. The molecule has 0 bridgehead atoms. The molecule has 0 unspecified atom stereocenters. The monoisotopic (exact) mass is 354 g/mol. The second-order valence-corrected chi connectivity index (χ2v) is 7.05. The Labute approximate surface area is 151 Å². The lowest BCUT2D eigenvalue weighted by Crippen LogP contribution is -2.23. The number of rotatable bonds is 4. The van der Waals surface area contributed by atoms with Gasteiger partial charge < -0.3 is 9.73 Å². The van der Waals surface area contributed by atoms with Gasteiger partial charge in [0.25, 0.3) is 0 Å². The molecule has 1 aliphatic carbocycles. The van der Waals surface area contributed by atoms with E-state index in [0.717, 1.165) is 35.6 Å². The Kier molecular flexibility index (Phi) is 4.14. The highest BCUT2D eigenvalue weighted by molar-refractivity contribution is 5.75. The molecule has 0 saturated heterocycles. The minimum absolute atomic E-state index is 0.270. The Morgan fingerprint density at radius 1 is 1.23 bits per heavy atom.